The lowest BCUT2D eigenvalue weighted by Gasteiger charge is -2.22. The van der Waals surface area contributed by atoms with Crippen LogP contribution < -0.4 is 16.1 Å². The SMILES string of the molecule is COC(C)c1nc(CN(C)c2c(C#N)c(=O)n(C)c(=O)n2C)cs1. The third-order valence-corrected chi connectivity index (χ3v) is 4.83. The van der Waals surface area contributed by atoms with Gasteiger partial charge in [-0.1, -0.05) is 0 Å². The van der Waals surface area contributed by atoms with Crippen molar-refractivity contribution in [3.63, 3.8) is 0 Å². The third kappa shape index (κ3) is 3.11. The molecule has 2 aromatic rings. The Bertz CT molecular complexity index is 905. The van der Waals surface area contributed by atoms with Crippen LogP contribution >= 0.6 is 11.3 Å². The Morgan fingerprint density at radius 3 is 2.67 bits per heavy atom. The fourth-order valence-electron chi connectivity index (χ4n) is 2.38. The smallest absolute Gasteiger partial charge is 0.332 e. The third-order valence-electron chi connectivity index (χ3n) is 3.78. The Morgan fingerprint density at radius 2 is 2.08 bits per heavy atom. The summed E-state index contributed by atoms with van der Waals surface area (Å²) in [5.74, 6) is 0.278. The van der Waals surface area contributed by atoms with Gasteiger partial charge in [-0.25, -0.2) is 9.78 Å². The Hall–Kier alpha value is -2.44. The van der Waals surface area contributed by atoms with E-state index in [4.69, 9.17) is 4.74 Å². The molecule has 0 aliphatic heterocycles. The number of hydrogen-bond acceptors (Lipinski definition) is 7. The van der Waals surface area contributed by atoms with Crippen LogP contribution in [0.1, 0.15) is 29.3 Å². The molecule has 0 spiro atoms. The van der Waals surface area contributed by atoms with Crippen molar-refractivity contribution < 1.29 is 4.74 Å². The fraction of sp³-hybridized carbons (Fsp3) is 0.467. The lowest BCUT2D eigenvalue weighted by molar-refractivity contribution is 0.119. The molecule has 2 heterocycles. The van der Waals surface area contributed by atoms with Crippen molar-refractivity contribution in [2.24, 2.45) is 14.1 Å². The number of ether oxygens (including phenoxy) is 1. The normalized spacial score (nSPS) is 12.0. The molecule has 0 fully saturated rings. The number of thiazole rings is 1. The number of methoxy groups -OCH3 is 1. The number of hydrogen-bond donors (Lipinski definition) is 0. The second-order valence-corrected chi connectivity index (χ2v) is 6.32. The minimum absolute atomic E-state index is 0.0668. The Morgan fingerprint density at radius 1 is 1.42 bits per heavy atom. The molecule has 0 aliphatic rings. The van der Waals surface area contributed by atoms with E-state index in [-0.39, 0.29) is 17.5 Å². The highest BCUT2D eigenvalue weighted by Crippen LogP contribution is 2.22. The molecule has 0 aliphatic carbocycles. The van der Waals surface area contributed by atoms with E-state index in [1.54, 1.807) is 19.1 Å². The average molecular weight is 349 g/mol. The number of nitriles is 1. The summed E-state index contributed by atoms with van der Waals surface area (Å²) in [7, 11) is 6.22. The number of rotatable bonds is 5. The number of anilines is 1. The van der Waals surface area contributed by atoms with Gasteiger partial charge in [-0.2, -0.15) is 5.26 Å². The topological polar surface area (TPSA) is 93.2 Å². The Balaban J connectivity index is 2.42. The maximum absolute atomic E-state index is 12.2. The second-order valence-electron chi connectivity index (χ2n) is 5.43. The van der Waals surface area contributed by atoms with Crippen LogP contribution in [0.2, 0.25) is 0 Å². The highest BCUT2D eigenvalue weighted by Gasteiger charge is 2.20. The van der Waals surface area contributed by atoms with Crippen LogP contribution in [0, 0.1) is 11.3 Å². The van der Waals surface area contributed by atoms with Gasteiger partial charge in [0.2, 0.25) is 0 Å². The molecule has 9 heteroatoms. The number of nitrogens with zero attached hydrogens (tertiary/aromatic N) is 5. The molecule has 0 saturated carbocycles. The van der Waals surface area contributed by atoms with Gasteiger partial charge in [0.05, 0.1) is 12.2 Å². The van der Waals surface area contributed by atoms with Crippen molar-refractivity contribution in [3.8, 4) is 6.07 Å². The summed E-state index contributed by atoms with van der Waals surface area (Å²) in [6.45, 7) is 2.27. The van der Waals surface area contributed by atoms with Crippen molar-refractivity contribution in [1.82, 2.24) is 14.1 Å². The lowest BCUT2D eigenvalue weighted by atomic mass is 10.3. The summed E-state index contributed by atoms with van der Waals surface area (Å²) in [6, 6.07) is 1.90. The van der Waals surface area contributed by atoms with Gasteiger partial charge < -0.3 is 9.64 Å². The van der Waals surface area contributed by atoms with E-state index in [9.17, 15) is 14.9 Å². The summed E-state index contributed by atoms with van der Waals surface area (Å²) in [6.07, 6.45) is -0.0999. The maximum Gasteiger partial charge on any atom is 0.332 e. The van der Waals surface area contributed by atoms with Crippen LogP contribution in [0.25, 0.3) is 0 Å². The molecule has 128 valence electrons. The standard InChI is InChI=1S/C15H19N5O3S/c1-9(23-5)12-17-10(8-24-12)7-18(2)13-11(6-16)14(21)20(4)15(22)19(13)3/h8-9H,7H2,1-5H3. The summed E-state index contributed by atoms with van der Waals surface area (Å²) in [5, 5.41) is 12.1. The molecule has 0 aromatic carbocycles. The summed E-state index contributed by atoms with van der Waals surface area (Å²) < 4.78 is 7.47. The van der Waals surface area contributed by atoms with E-state index in [0.717, 1.165) is 15.3 Å². The van der Waals surface area contributed by atoms with Crippen molar-refractivity contribution in [1.29, 1.82) is 5.26 Å². The molecule has 0 bridgehead atoms. The zero-order valence-electron chi connectivity index (χ0n) is 14.2. The van der Waals surface area contributed by atoms with Gasteiger partial charge in [-0.3, -0.25) is 13.9 Å². The second kappa shape index (κ2) is 6.98. The van der Waals surface area contributed by atoms with Gasteiger partial charge in [0.1, 0.15) is 23.0 Å². The Kier molecular flexibility index (Phi) is 5.21. The largest absolute Gasteiger partial charge is 0.375 e. The molecule has 24 heavy (non-hydrogen) atoms. The van der Waals surface area contributed by atoms with E-state index < -0.39 is 11.2 Å². The van der Waals surface area contributed by atoms with E-state index in [1.807, 2.05) is 18.4 Å². The number of aromatic nitrogens is 3. The predicted molar refractivity (Wildman–Crippen MR) is 91.3 cm³/mol. The van der Waals surface area contributed by atoms with Crippen LogP contribution in [-0.2, 0) is 25.4 Å². The van der Waals surface area contributed by atoms with Crippen molar-refractivity contribution in [2.75, 3.05) is 19.1 Å². The highest BCUT2D eigenvalue weighted by atomic mass is 32.1. The zero-order chi connectivity index (χ0) is 18.0. The van der Waals surface area contributed by atoms with Crippen molar-refractivity contribution in [3.05, 3.63) is 42.5 Å². The molecule has 2 rings (SSSR count). The van der Waals surface area contributed by atoms with E-state index in [2.05, 4.69) is 4.98 Å². The Labute approximate surface area is 143 Å². The fourth-order valence-corrected chi connectivity index (χ4v) is 3.22. The quantitative estimate of drug-likeness (QED) is 0.791. The van der Waals surface area contributed by atoms with Gasteiger partial charge in [-0.15, -0.1) is 11.3 Å². The maximum atomic E-state index is 12.2. The summed E-state index contributed by atoms with van der Waals surface area (Å²) in [4.78, 5) is 30.5. The van der Waals surface area contributed by atoms with Gasteiger partial charge >= 0.3 is 5.69 Å². The lowest BCUT2D eigenvalue weighted by Crippen LogP contribution is -2.41. The molecule has 1 unspecified atom stereocenters. The van der Waals surface area contributed by atoms with Crippen LogP contribution in [0.15, 0.2) is 15.0 Å². The van der Waals surface area contributed by atoms with Gasteiger partial charge in [0.25, 0.3) is 5.56 Å². The van der Waals surface area contributed by atoms with Crippen LogP contribution in [0.4, 0.5) is 5.82 Å². The molecule has 0 radical (unpaired) electrons. The first-order valence-electron chi connectivity index (χ1n) is 7.20. The molecular formula is C15H19N5O3S. The van der Waals surface area contributed by atoms with Crippen LogP contribution in [-0.4, -0.2) is 28.3 Å². The monoisotopic (exact) mass is 349 g/mol. The van der Waals surface area contributed by atoms with Crippen LogP contribution in [0.5, 0.6) is 0 Å². The first-order chi connectivity index (χ1) is 11.3. The minimum atomic E-state index is -0.602. The molecule has 2 aromatic heterocycles. The van der Waals surface area contributed by atoms with E-state index >= 15 is 0 Å². The van der Waals surface area contributed by atoms with Crippen molar-refractivity contribution >= 4 is 17.2 Å². The molecule has 0 amide bonds. The molecule has 8 nitrogen and oxygen atoms in total. The average Bonchev–Trinajstić information content (AvgIpc) is 3.03. The summed E-state index contributed by atoms with van der Waals surface area (Å²) >= 11 is 1.48. The van der Waals surface area contributed by atoms with Gasteiger partial charge in [0.15, 0.2) is 5.56 Å². The van der Waals surface area contributed by atoms with Gasteiger partial charge in [-0.05, 0) is 6.92 Å². The first-order valence-corrected chi connectivity index (χ1v) is 8.08. The molecule has 0 saturated heterocycles. The first kappa shape index (κ1) is 17.9. The summed E-state index contributed by atoms with van der Waals surface area (Å²) in [5.41, 5.74) is -0.372. The van der Waals surface area contributed by atoms with Crippen LogP contribution in [0.3, 0.4) is 0 Å². The zero-order valence-corrected chi connectivity index (χ0v) is 15.0. The molecular weight excluding hydrogens is 330 g/mol. The van der Waals surface area contributed by atoms with E-state index in [0.29, 0.717) is 6.54 Å². The van der Waals surface area contributed by atoms with Gasteiger partial charge in [0, 0.05) is 33.6 Å². The minimum Gasteiger partial charge on any atom is -0.375 e. The van der Waals surface area contributed by atoms with E-state index in [1.165, 1.54) is 30.0 Å². The molecule has 1 atom stereocenters. The highest BCUT2D eigenvalue weighted by molar-refractivity contribution is 7.09. The van der Waals surface area contributed by atoms with Crippen molar-refractivity contribution in [2.45, 2.75) is 19.6 Å². The molecule has 0 N–H and O–H groups in total. The predicted octanol–water partition coefficient (Wildman–Crippen LogP) is 0.756.